The molecule has 0 aliphatic carbocycles. The largest absolute Gasteiger partial charge is 0.481 e. The molecule has 0 aromatic heterocycles. The van der Waals surface area contributed by atoms with Crippen LogP contribution in [-0.2, 0) is 11.2 Å². The van der Waals surface area contributed by atoms with Crippen LogP contribution in [0.1, 0.15) is 18.1 Å². The first kappa shape index (κ1) is 12.2. The van der Waals surface area contributed by atoms with E-state index in [1.54, 1.807) is 26.0 Å². The minimum atomic E-state index is -0.865. The van der Waals surface area contributed by atoms with Crippen LogP contribution in [0, 0.1) is 23.0 Å². The van der Waals surface area contributed by atoms with Crippen molar-refractivity contribution in [2.24, 2.45) is 5.92 Å². The van der Waals surface area contributed by atoms with E-state index in [1.807, 2.05) is 0 Å². The Balaban J connectivity index is 2.89. The fraction of sp³-hybridized carbons (Fsp3) is 0.364. The average molecular weight is 223 g/mol. The maximum Gasteiger partial charge on any atom is 0.306 e. The molecular formula is C11H13NO4. The van der Waals surface area contributed by atoms with Crippen molar-refractivity contribution in [3.05, 3.63) is 39.4 Å². The Labute approximate surface area is 92.9 Å². The van der Waals surface area contributed by atoms with Crippen molar-refractivity contribution >= 4 is 11.7 Å². The van der Waals surface area contributed by atoms with Gasteiger partial charge in [0.05, 0.1) is 10.8 Å². The second-order valence-corrected chi connectivity index (χ2v) is 3.82. The van der Waals surface area contributed by atoms with Gasteiger partial charge in [-0.2, -0.15) is 0 Å². The third kappa shape index (κ3) is 2.79. The number of aryl methyl sites for hydroxylation is 1. The van der Waals surface area contributed by atoms with Crippen LogP contribution >= 0.6 is 0 Å². The van der Waals surface area contributed by atoms with Crippen LogP contribution in [0.25, 0.3) is 0 Å². The average Bonchev–Trinajstić information content (AvgIpc) is 2.16. The van der Waals surface area contributed by atoms with Gasteiger partial charge in [-0.1, -0.05) is 13.0 Å². The number of hydrogen-bond donors (Lipinski definition) is 1. The van der Waals surface area contributed by atoms with Crippen molar-refractivity contribution in [1.29, 1.82) is 0 Å². The number of nitrogens with zero attached hydrogens (tertiary/aromatic N) is 1. The third-order valence-corrected chi connectivity index (χ3v) is 2.42. The molecule has 16 heavy (non-hydrogen) atoms. The second-order valence-electron chi connectivity index (χ2n) is 3.82. The van der Waals surface area contributed by atoms with Crippen LogP contribution < -0.4 is 0 Å². The summed E-state index contributed by atoms with van der Waals surface area (Å²) in [6.07, 6.45) is 0.383. The summed E-state index contributed by atoms with van der Waals surface area (Å²) in [5.41, 5.74) is 1.42. The summed E-state index contributed by atoms with van der Waals surface area (Å²) in [5.74, 6) is -1.35. The smallest absolute Gasteiger partial charge is 0.306 e. The number of carboxylic acids is 1. The molecule has 0 heterocycles. The van der Waals surface area contributed by atoms with Gasteiger partial charge in [-0.05, 0) is 25.0 Å². The first-order valence-electron chi connectivity index (χ1n) is 4.88. The SMILES string of the molecule is Cc1cc(CC(C)C(=O)O)ccc1[N+](=O)[O-]. The molecule has 5 heteroatoms. The highest BCUT2D eigenvalue weighted by Gasteiger charge is 2.14. The Morgan fingerprint density at radius 3 is 2.62 bits per heavy atom. The van der Waals surface area contributed by atoms with Gasteiger partial charge in [0.25, 0.3) is 5.69 Å². The lowest BCUT2D eigenvalue weighted by molar-refractivity contribution is -0.385. The molecule has 86 valence electrons. The van der Waals surface area contributed by atoms with Gasteiger partial charge in [0.1, 0.15) is 0 Å². The van der Waals surface area contributed by atoms with E-state index in [-0.39, 0.29) is 5.69 Å². The van der Waals surface area contributed by atoms with Crippen molar-refractivity contribution in [2.45, 2.75) is 20.3 Å². The normalized spacial score (nSPS) is 12.1. The Morgan fingerprint density at radius 2 is 2.19 bits per heavy atom. The first-order valence-corrected chi connectivity index (χ1v) is 4.88. The Bertz CT molecular complexity index is 428. The lowest BCUT2D eigenvalue weighted by Crippen LogP contribution is -2.12. The Morgan fingerprint density at radius 1 is 1.56 bits per heavy atom. The van der Waals surface area contributed by atoms with E-state index in [0.29, 0.717) is 12.0 Å². The van der Waals surface area contributed by atoms with E-state index >= 15 is 0 Å². The molecule has 0 aliphatic heterocycles. The maximum absolute atomic E-state index is 10.7. The summed E-state index contributed by atoms with van der Waals surface area (Å²) in [7, 11) is 0. The number of rotatable bonds is 4. The van der Waals surface area contributed by atoms with Gasteiger partial charge in [-0.3, -0.25) is 14.9 Å². The fourth-order valence-electron chi connectivity index (χ4n) is 1.49. The minimum absolute atomic E-state index is 0.0618. The molecule has 0 fully saturated rings. The lowest BCUT2D eigenvalue weighted by atomic mass is 9.99. The van der Waals surface area contributed by atoms with E-state index in [4.69, 9.17) is 5.11 Å². The standard InChI is InChI=1S/C11H13NO4/c1-7-5-9(6-8(2)11(13)14)3-4-10(7)12(15)16/h3-5,8H,6H2,1-2H3,(H,13,14). The molecule has 1 N–H and O–H groups in total. The zero-order chi connectivity index (χ0) is 12.3. The van der Waals surface area contributed by atoms with Gasteiger partial charge < -0.3 is 5.11 Å². The molecule has 1 unspecified atom stereocenters. The molecule has 0 radical (unpaired) electrons. The van der Waals surface area contributed by atoms with Crippen molar-refractivity contribution in [2.75, 3.05) is 0 Å². The van der Waals surface area contributed by atoms with Gasteiger partial charge in [-0.15, -0.1) is 0 Å². The number of nitro benzene ring substituents is 1. The predicted molar refractivity (Wildman–Crippen MR) is 58.3 cm³/mol. The van der Waals surface area contributed by atoms with E-state index in [0.717, 1.165) is 5.56 Å². The summed E-state index contributed by atoms with van der Waals surface area (Å²) in [6.45, 7) is 3.26. The highest BCUT2D eigenvalue weighted by Crippen LogP contribution is 2.20. The van der Waals surface area contributed by atoms with Gasteiger partial charge >= 0.3 is 5.97 Å². The molecule has 0 aliphatic rings. The zero-order valence-electron chi connectivity index (χ0n) is 9.14. The zero-order valence-corrected chi connectivity index (χ0v) is 9.14. The van der Waals surface area contributed by atoms with Crippen molar-refractivity contribution in [1.82, 2.24) is 0 Å². The van der Waals surface area contributed by atoms with Crippen LogP contribution in [0.5, 0.6) is 0 Å². The Kier molecular flexibility index (Phi) is 3.60. The monoisotopic (exact) mass is 223 g/mol. The van der Waals surface area contributed by atoms with Gasteiger partial charge in [0.15, 0.2) is 0 Å². The van der Waals surface area contributed by atoms with Crippen molar-refractivity contribution < 1.29 is 14.8 Å². The molecule has 5 nitrogen and oxygen atoms in total. The molecule has 1 aromatic rings. The van der Waals surface area contributed by atoms with E-state index in [2.05, 4.69) is 0 Å². The predicted octanol–water partition coefficient (Wildman–Crippen LogP) is 2.17. The molecule has 0 bridgehead atoms. The van der Waals surface area contributed by atoms with Crippen LogP contribution in [0.4, 0.5) is 5.69 Å². The number of hydrogen-bond acceptors (Lipinski definition) is 3. The molecule has 1 aromatic carbocycles. The van der Waals surface area contributed by atoms with Crippen LogP contribution in [-0.4, -0.2) is 16.0 Å². The molecular weight excluding hydrogens is 210 g/mol. The van der Waals surface area contributed by atoms with Gasteiger partial charge in [0, 0.05) is 11.6 Å². The minimum Gasteiger partial charge on any atom is -0.481 e. The van der Waals surface area contributed by atoms with Crippen molar-refractivity contribution in [3.63, 3.8) is 0 Å². The van der Waals surface area contributed by atoms with Crippen LogP contribution in [0.15, 0.2) is 18.2 Å². The Hall–Kier alpha value is -1.91. The topological polar surface area (TPSA) is 80.4 Å². The summed E-state index contributed by atoms with van der Waals surface area (Å²) in [6, 6.07) is 4.68. The summed E-state index contributed by atoms with van der Waals surface area (Å²) in [4.78, 5) is 20.8. The quantitative estimate of drug-likeness (QED) is 0.626. The molecule has 0 spiro atoms. The van der Waals surface area contributed by atoms with Crippen molar-refractivity contribution in [3.8, 4) is 0 Å². The molecule has 1 rings (SSSR count). The molecule has 1 atom stereocenters. The molecule has 0 amide bonds. The molecule has 0 saturated heterocycles. The maximum atomic E-state index is 10.7. The number of nitro groups is 1. The first-order chi connectivity index (χ1) is 7.41. The summed E-state index contributed by atoms with van der Waals surface area (Å²) in [5, 5.41) is 19.3. The van der Waals surface area contributed by atoms with Crippen LogP contribution in [0.2, 0.25) is 0 Å². The van der Waals surface area contributed by atoms with Crippen LogP contribution in [0.3, 0.4) is 0 Å². The fourth-order valence-corrected chi connectivity index (χ4v) is 1.49. The number of aliphatic carboxylic acids is 1. The summed E-state index contributed by atoms with van der Waals surface area (Å²) >= 11 is 0. The van der Waals surface area contributed by atoms with Gasteiger partial charge in [-0.25, -0.2) is 0 Å². The number of carboxylic acid groups (broad SMARTS) is 1. The highest BCUT2D eigenvalue weighted by atomic mass is 16.6. The molecule has 0 saturated carbocycles. The van der Waals surface area contributed by atoms with Gasteiger partial charge in [0.2, 0.25) is 0 Å². The number of benzene rings is 1. The number of carbonyl (C=O) groups is 1. The second kappa shape index (κ2) is 4.74. The third-order valence-electron chi connectivity index (χ3n) is 2.42. The highest BCUT2D eigenvalue weighted by molar-refractivity contribution is 5.69. The van der Waals surface area contributed by atoms with E-state index < -0.39 is 16.8 Å². The summed E-state index contributed by atoms with van der Waals surface area (Å²) < 4.78 is 0. The van der Waals surface area contributed by atoms with E-state index in [9.17, 15) is 14.9 Å². The lowest BCUT2D eigenvalue weighted by Gasteiger charge is -2.06. The van der Waals surface area contributed by atoms with E-state index in [1.165, 1.54) is 6.07 Å².